The van der Waals surface area contributed by atoms with E-state index in [2.05, 4.69) is 0 Å². The fraction of sp³-hybridized carbons (Fsp3) is 0.211. The predicted molar refractivity (Wildman–Crippen MR) is 98.0 cm³/mol. The molecule has 0 atom stereocenters. The SMILES string of the molecule is CC(=O)CSc1ccccc1C(=O)OCC(=O)N(C)c1ccccc1. The topological polar surface area (TPSA) is 63.7 Å². The summed E-state index contributed by atoms with van der Waals surface area (Å²) in [5, 5.41) is 0. The number of carbonyl (C=O) groups is 3. The molecule has 0 aliphatic heterocycles. The molecule has 2 aromatic carbocycles. The van der Waals surface area contributed by atoms with E-state index in [1.165, 1.54) is 23.6 Å². The van der Waals surface area contributed by atoms with E-state index in [1.54, 1.807) is 43.4 Å². The molecule has 2 rings (SSSR count). The standard InChI is InChI=1S/C19H19NO4S/c1-14(21)13-25-17-11-7-6-10-16(17)19(23)24-12-18(22)20(2)15-8-4-3-5-9-15/h3-11H,12-13H2,1-2H3. The molecule has 0 saturated heterocycles. The van der Waals surface area contributed by atoms with Gasteiger partial charge in [-0.15, -0.1) is 11.8 Å². The number of rotatable bonds is 7. The number of hydrogen-bond acceptors (Lipinski definition) is 5. The average molecular weight is 357 g/mol. The number of amides is 1. The first-order valence-corrected chi connectivity index (χ1v) is 8.67. The molecule has 0 fully saturated rings. The number of ketones is 1. The van der Waals surface area contributed by atoms with Gasteiger partial charge in [0.25, 0.3) is 5.91 Å². The molecule has 0 unspecified atom stereocenters. The molecular formula is C19H19NO4S. The van der Waals surface area contributed by atoms with E-state index in [1.807, 2.05) is 18.2 Å². The van der Waals surface area contributed by atoms with Crippen molar-refractivity contribution in [3.05, 3.63) is 60.2 Å². The highest BCUT2D eigenvalue weighted by atomic mass is 32.2. The maximum atomic E-state index is 12.3. The number of likely N-dealkylation sites (N-methyl/N-ethyl adjacent to an activating group) is 1. The van der Waals surface area contributed by atoms with Crippen LogP contribution in [0.25, 0.3) is 0 Å². The van der Waals surface area contributed by atoms with Crippen LogP contribution in [0.5, 0.6) is 0 Å². The van der Waals surface area contributed by atoms with Crippen molar-refractivity contribution in [1.29, 1.82) is 0 Å². The van der Waals surface area contributed by atoms with Gasteiger partial charge < -0.3 is 9.64 Å². The quantitative estimate of drug-likeness (QED) is 0.562. The van der Waals surface area contributed by atoms with Gasteiger partial charge in [0, 0.05) is 17.6 Å². The summed E-state index contributed by atoms with van der Waals surface area (Å²) >= 11 is 1.28. The number of nitrogens with zero attached hydrogens (tertiary/aromatic N) is 1. The molecule has 2 aromatic rings. The average Bonchev–Trinajstić information content (AvgIpc) is 2.64. The molecular weight excluding hydrogens is 338 g/mol. The molecule has 0 aliphatic rings. The number of ether oxygens (including phenoxy) is 1. The number of esters is 1. The highest BCUT2D eigenvalue weighted by Gasteiger charge is 2.17. The van der Waals surface area contributed by atoms with Crippen LogP contribution in [0, 0.1) is 0 Å². The van der Waals surface area contributed by atoms with Gasteiger partial charge in [0.05, 0.1) is 11.3 Å². The van der Waals surface area contributed by atoms with Crippen LogP contribution in [0.2, 0.25) is 0 Å². The van der Waals surface area contributed by atoms with E-state index in [0.29, 0.717) is 10.5 Å². The third kappa shape index (κ3) is 5.46. The third-order valence-electron chi connectivity index (χ3n) is 3.38. The Morgan fingerprint density at radius 3 is 2.32 bits per heavy atom. The molecule has 5 nitrogen and oxygen atoms in total. The fourth-order valence-electron chi connectivity index (χ4n) is 2.04. The largest absolute Gasteiger partial charge is 0.452 e. The van der Waals surface area contributed by atoms with Gasteiger partial charge in [-0.05, 0) is 31.2 Å². The Morgan fingerprint density at radius 2 is 1.64 bits per heavy atom. The van der Waals surface area contributed by atoms with Gasteiger partial charge in [0.2, 0.25) is 0 Å². The van der Waals surface area contributed by atoms with Crippen molar-refractivity contribution in [2.75, 3.05) is 24.3 Å². The zero-order chi connectivity index (χ0) is 18.2. The van der Waals surface area contributed by atoms with Crippen molar-refractivity contribution in [2.45, 2.75) is 11.8 Å². The van der Waals surface area contributed by atoms with Gasteiger partial charge in [-0.2, -0.15) is 0 Å². The molecule has 0 bridgehead atoms. The lowest BCUT2D eigenvalue weighted by atomic mass is 10.2. The van der Waals surface area contributed by atoms with Crippen molar-refractivity contribution in [3.8, 4) is 0 Å². The van der Waals surface area contributed by atoms with Gasteiger partial charge in [-0.25, -0.2) is 4.79 Å². The summed E-state index contributed by atoms with van der Waals surface area (Å²) in [4.78, 5) is 37.7. The third-order valence-corrected chi connectivity index (χ3v) is 4.60. The monoisotopic (exact) mass is 357 g/mol. The summed E-state index contributed by atoms with van der Waals surface area (Å²) < 4.78 is 5.15. The maximum absolute atomic E-state index is 12.3. The summed E-state index contributed by atoms with van der Waals surface area (Å²) in [6.45, 7) is 1.14. The molecule has 0 saturated carbocycles. The second-order valence-electron chi connectivity index (χ2n) is 5.35. The molecule has 0 spiro atoms. The van der Waals surface area contributed by atoms with Crippen LogP contribution in [0.3, 0.4) is 0 Å². The second-order valence-corrected chi connectivity index (χ2v) is 6.37. The van der Waals surface area contributed by atoms with Crippen LogP contribution >= 0.6 is 11.8 Å². The molecule has 130 valence electrons. The Morgan fingerprint density at radius 1 is 1.00 bits per heavy atom. The number of para-hydroxylation sites is 1. The molecule has 0 N–H and O–H groups in total. The molecule has 0 aromatic heterocycles. The lowest BCUT2D eigenvalue weighted by molar-refractivity contribution is -0.121. The van der Waals surface area contributed by atoms with Gasteiger partial charge in [0.15, 0.2) is 6.61 Å². The van der Waals surface area contributed by atoms with Crippen molar-refractivity contribution < 1.29 is 19.1 Å². The van der Waals surface area contributed by atoms with E-state index < -0.39 is 5.97 Å². The van der Waals surface area contributed by atoms with Crippen molar-refractivity contribution in [1.82, 2.24) is 0 Å². The van der Waals surface area contributed by atoms with Crippen molar-refractivity contribution in [3.63, 3.8) is 0 Å². The predicted octanol–water partition coefficient (Wildman–Crippen LogP) is 3.19. The number of thioether (sulfide) groups is 1. The molecule has 1 amide bonds. The van der Waals surface area contributed by atoms with Gasteiger partial charge in [0.1, 0.15) is 5.78 Å². The number of Topliss-reactive ketones (excluding diaryl/α,β-unsaturated/α-hetero) is 1. The second kappa shape index (κ2) is 9.03. The minimum Gasteiger partial charge on any atom is -0.452 e. The zero-order valence-corrected chi connectivity index (χ0v) is 14.9. The van der Waals surface area contributed by atoms with E-state index in [9.17, 15) is 14.4 Å². The van der Waals surface area contributed by atoms with Gasteiger partial charge >= 0.3 is 5.97 Å². The number of anilines is 1. The van der Waals surface area contributed by atoms with E-state index >= 15 is 0 Å². The molecule has 0 aliphatic carbocycles. The normalized spacial score (nSPS) is 10.2. The highest BCUT2D eigenvalue weighted by Crippen LogP contribution is 2.23. The summed E-state index contributed by atoms with van der Waals surface area (Å²) in [7, 11) is 1.63. The first-order valence-electron chi connectivity index (χ1n) is 7.69. The van der Waals surface area contributed by atoms with Crippen LogP contribution < -0.4 is 4.90 Å². The number of hydrogen-bond donors (Lipinski definition) is 0. The first-order chi connectivity index (χ1) is 12.0. The first kappa shape index (κ1) is 18.7. The Kier molecular flexibility index (Phi) is 6.77. The van der Waals surface area contributed by atoms with Crippen LogP contribution in [-0.4, -0.2) is 37.1 Å². The van der Waals surface area contributed by atoms with Gasteiger partial charge in [-0.3, -0.25) is 9.59 Å². The Bertz CT molecular complexity index is 761. The summed E-state index contributed by atoms with van der Waals surface area (Å²) in [6.07, 6.45) is 0. The van der Waals surface area contributed by atoms with Gasteiger partial charge in [-0.1, -0.05) is 30.3 Å². The number of carbonyl (C=O) groups excluding carboxylic acids is 3. The maximum Gasteiger partial charge on any atom is 0.339 e. The van der Waals surface area contributed by atoms with Crippen LogP contribution in [0.4, 0.5) is 5.69 Å². The highest BCUT2D eigenvalue weighted by molar-refractivity contribution is 8.00. The summed E-state index contributed by atoms with van der Waals surface area (Å²) in [5.41, 5.74) is 1.07. The lowest BCUT2D eigenvalue weighted by Crippen LogP contribution is -2.31. The molecule has 25 heavy (non-hydrogen) atoms. The lowest BCUT2D eigenvalue weighted by Gasteiger charge is -2.17. The fourth-order valence-corrected chi connectivity index (χ4v) is 2.88. The minimum absolute atomic E-state index is 0.0211. The smallest absolute Gasteiger partial charge is 0.339 e. The van der Waals surface area contributed by atoms with E-state index in [0.717, 1.165) is 5.69 Å². The molecule has 0 radical (unpaired) electrons. The summed E-state index contributed by atoms with van der Waals surface area (Å²) in [6, 6.07) is 16.0. The Labute approximate surface area is 151 Å². The van der Waals surface area contributed by atoms with Crippen molar-refractivity contribution in [2.24, 2.45) is 0 Å². The van der Waals surface area contributed by atoms with Crippen LogP contribution in [-0.2, 0) is 14.3 Å². The van der Waals surface area contributed by atoms with Crippen LogP contribution in [0.1, 0.15) is 17.3 Å². The minimum atomic E-state index is -0.582. The molecule has 0 heterocycles. The summed E-state index contributed by atoms with van der Waals surface area (Å²) in [5.74, 6) is -0.609. The number of benzene rings is 2. The molecule has 6 heteroatoms. The zero-order valence-electron chi connectivity index (χ0n) is 14.1. The van der Waals surface area contributed by atoms with E-state index in [-0.39, 0.29) is 24.1 Å². The Balaban J connectivity index is 1.98. The Hall–Kier alpha value is -2.60. The van der Waals surface area contributed by atoms with Crippen LogP contribution in [0.15, 0.2) is 59.5 Å². The van der Waals surface area contributed by atoms with E-state index in [4.69, 9.17) is 4.74 Å². The van der Waals surface area contributed by atoms with Crippen molar-refractivity contribution >= 4 is 35.1 Å².